The molecule has 7 rings (SSSR count). The molecule has 0 saturated heterocycles. The summed E-state index contributed by atoms with van der Waals surface area (Å²) in [6.07, 6.45) is 0.758. The second kappa shape index (κ2) is 8.93. The van der Waals surface area contributed by atoms with Gasteiger partial charge in [-0.25, -0.2) is 0 Å². The van der Waals surface area contributed by atoms with Crippen molar-refractivity contribution in [3.63, 3.8) is 0 Å². The van der Waals surface area contributed by atoms with Crippen LogP contribution < -0.4 is 61.9 Å². The van der Waals surface area contributed by atoms with Crippen LogP contribution in [-0.2, 0) is 12.1 Å². The molecule has 4 nitrogen and oxygen atoms in total. The van der Waals surface area contributed by atoms with Crippen molar-refractivity contribution in [3.05, 3.63) is 118 Å². The van der Waals surface area contributed by atoms with Crippen LogP contribution in [0.4, 0.5) is 5.13 Å². The van der Waals surface area contributed by atoms with Gasteiger partial charge in [-0.3, -0.25) is 0 Å². The number of hydrogen-bond acceptors (Lipinski definition) is 4. The van der Waals surface area contributed by atoms with E-state index in [9.17, 15) is 0 Å². The SMILES string of the molecule is CC1([N-]c2nc(COc3ccccc3)cs2)CC2(N)c3ccccc3C1c1ccccc12.[K+]. The van der Waals surface area contributed by atoms with E-state index in [1.165, 1.54) is 22.3 Å². The molecule has 0 saturated carbocycles. The van der Waals surface area contributed by atoms with E-state index in [-0.39, 0.29) is 62.8 Å². The third-order valence-corrected chi connectivity index (χ3v) is 7.57. The molecule has 3 aromatic carbocycles. The Morgan fingerprint density at radius 1 is 0.970 bits per heavy atom. The fourth-order valence-corrected chi connectivity index (χ4v) is 6.35. The van der Waals surface area contributed by atoms with Crippen LogP contribution in [0.15, 0.2) is 84.2 Å². The first-order chi connectivity index (χ1) is 15.6. The molecule has 160 valence electrons. The minimum Gasteiger partial charge on any atom is -0.489 e. The number of rotatable bonds is 5. The third kappa shape index (κ3) is 3.92. The first kappa shape index (κ1) is 23.2. The van der Waals surface area contributed by atoms with Crippen LogP contribution in [0.3, 0.4) is 0 Å². The molecule has 6 heteroatoms. The molecule has 3 aliphatic rings. The fraction of sp³-hybridized carbons (Fsp3) is 0.222. The zero-order valence-electron chi connectivity index (χ0n) is 18.9. The van der Waals surface area contributed by atoms with Crippen LogP contribution in [0.2, 0.25) is 0 Å². The number of benzene rings is 3. The van der Waals surface area contributed by atoms with Crippen molar-refractivity contribution in [2.75, 3.05) is 0 Å². The summed E-state index contributed by atoms with van der Waals surface area (Å²) in [6.45, 7) is 2.66. The summed E-state index contributed by atoms with van der Waals surface area (Å²) in [4.78, 5) is 4.77. The number of nitrogens with two attached hydrogens (primary N) is 1. The molecule has 0 amide bonds. The van der Waals surface area contributed by atoms with E-state index in [2.05, 4.69) is 55.5 Å². The van der Waals surface area contributed by atoms with Gasteiger partial charge < -0.3 is 20.8 Å². The summed E-state index contributed by atoms with van der Waals surface area (Å²) in [5.74, 6) is 1.00. The van der Waals surface area contributed by atoms with Crippen molar-refractivity contribution in [2.24, 2.45) is 5.73 Å². The van der Waals surface area contributed by atoms with Gasteiger partial charge >= 0.3 is 51.4 Å². The van der Waals surface area contributed by atoms with Crippen molar-refractivity contribution < 1.29 is 56.1 Å². The van der Waals surface area contributed by atoms with Gasteiger partial charge in [-0.1, -0.05) is 73.7 Å². The van der Waals surface area contributed by atoms with Crippen LogP contribution >= 0.6 is 11.3 Å². The molecule has 0 spiro atoms. The number of aromatic nitrogens is 1. The van der Waals surface area contributed by atoms with Gasteiger partial charge in [0.25, 0.3) is 0 Å². The van der Waals surface area contributed by atoms with Gasteiger partial charge in [0.1, 0.15) is 12.4 Å². The van der Waals surface area contributed by atoms with Gasteiger partial charge in [-0.05, 0) is 62.6 Å². The maximum absolute atomic E-state index is 7.17. The standard InChI is InChI=1S/C27H24N3OS.K/c1-26(30-25-29-18(16-32-25)15-31-19-9-3-2-4-10-19)17-27(28)22-13-7-5-11-20(22)24(26)21-12-6-8-14-23(21)27;/h2-14,16,24H,15,17,28H2,1H3;/q-1;+1. The summed E-state index contributed by atoms with van der Waals surface area (Å²) in [5, 5.41) is 8.04. The van der Waals surface area contributed by atoms with Crippen LogP contribution in [0.5, 0.6) is 5.75 Å². The number of thiazole rings is 1. The van der Waals surface area contributed by atoms with E-state index in [4.69, 9.17) is 20.8 Å². The van der Waals surface area contributed by atoms with Crippen molar-refractivity contribution >= 4 is 16.5 Å². The summed E-state index contributed by atoms with van der Waals surface area (Å²) < 4.78 is 5.86. The zero-order chi connectivity index (χ0) is 21.8. The molecule has 3 aliphatic carbocycles. The quantitative estimate of drug-likeness (QED) is 0.449. The van der Waals surface area contributed by atoms with Gasteiger partial charge in [0.15, 0.2) is 0 Å². The third-order valence-electron chi connectivity index (χ3n) is 6.78. The summed E-state index contributed by atoms with van der Waals surface area (Å²) in [6, 6.07) is 27.0. The minimum absolute atomic E-state index is 0. The smallest absolute Gasteiger partial charge is 0.489 e. The first-order valence-electron chi connectivity index (χ1n) is 10.9. The molecule has 2 bridgehead atoms. The van der Waals surface area contributed by atoms with E-state index in [0.717, 1.165) is 23.0 Å². The molecule has 33 heavy (non-hydrogen) atoms. The molecule has 0 radical (unpaired) electrons. The molecule has 1 unspecified atom stereocenters. The average molecular weight is 478 g/mol. The average Bonchev–Trinajstić information content (AvgIpc) is 3.25. The van der Waals surface area contributed by atoms with Crippen LogP contribution in [-0.4, -0.2) is 10.5 Å². The number of hydrogen-bond donors (Lipinski definition) is 1. The molecule has 2 N–H and O–H groups in total. The summed E-state index contributed by atoms with van der Waals surface area (Å²) in [5.41, 5.74) is 12.2. The van der Waals surface area contributed by atoms with Crippen molar-refractivity contribution in [1.29, 1.82) is 0 Å². The van der Waals surface area contributed by atoms with Gasteiger partial charge in [-0.15, -0.1) is 0 Å². The van der Waals surface area contributed by atoms with Crippen LogP contribution in [0.1, 0.15) is 47.2 Å². The molecule has 1 aromatic heterocycles. The Hall–Kier alpha value is -1.51. The Balaban J connectivity index is 0.00000228. The normalized spacial score (nSPS) is 24.4. The molecular weight excluding hydrogens is 453 g/mol. The maximum Gasteiger partial charge on any atom is 1.00 e. The van der Waals surface area contributed by atoms with E-state index >= 15 is 0 Å². The molecule has 0 fully saturated rings. The molecule has 1 atom stereocenters. The Kier molecular flexibility index (Phi) is 6.29. The van der Waals surface area contributed by atoms with Crippen molar-refractivity contribution in [1.82, 2.24) is 4.98 Å². The number of fused-ring (bicyclic) bond motifs is 1. The predicted molar refractivity (Wildman–Crippen MR) is 129 cm³/mol. The maximum atomic E-state index is 7.17. The number of nitrogens with zero attached hydrogens (tertiary/aromatic N) is 2. The Morgan fingerprint density at radius 3 is 2.24 bits per heavy atom. The van der Waals surface area contributed by atoms with E-state index in [0.29, 0.717) is 6.61 Å². The van der Waals surface area contributed by atoms with E-state index in [1.54, 1.807) is 11.3 Å². The second-order valence-corrected chi connectivity index (χ2v) is 9.78. The molecule has 0 aliphatic heterocycles. The van der Waals surface area contributed by atoms with E-state index in [1.807, 2.05) is 35.7 Å². The monoisotopic (exact) mass is 477 g/mol. The van der Waals surface area contributed by atoms with Gasteiger partial charge in [0, 0.05) is 5.92 Å². The predicted octanol–water partition coefficient (Wildman–Crippen LogP) is 3.24. The topological polar surface area (TPSA) is 62.2 Å². The molecular formula is C27H24KN3OS. The molecule has 4 aromatic rings. The molecule has 1 heterocycles. The Labute approximate surface area is 241 Å². The minimum atomic E-state index is -0.545. The Bertz CT molecular complexity index is 1240. The van der Waals surface area contributed by atoms with Crippen molar-refractivity contribution in [2.45, 2.75) is 36.9 Å². The van der Waals surface area contributed by atoms with Crippen LogP contribution in [0, 0.1) is 0 Å². The summed E-state index contributed by atoms with van der Waals surface area (Å²) >= 11 is 1.57. The van der Waals surface area contributed by atoms with Gasteiger partial charge in [0.2, 0.25) is 0 Å². The van der Waals surface area contributed by atoms with Gasteiger partial charge in [0.05, 0.1) is 5.54 Å². The zero-order valence-corrected chi connectivity index (χ0v) is 22.8. The largest absolute Gasteiger partial charge is 1.00 e. The first-order valence-corrected chi connectivity index (χ1v) is 11.8. The van der Waals surface area contributed by atoms with Gasteiger partial charge in [-0.2, -0.15) is 11.3 Å². The Morgan fingerprint density at radius 2 is 1.58 bits per heavy atom. The number of para-hydroxylation sites is 1. The van der Waals surface area contributed by atoms with Crippen LogP contribution in [0.25, 0.3) is 5.32 Å². The fourth-order valence-electron chi connectivity index (χ4n) is 5.56. The van der Waals surface area contributed by atoms with Crippen molar-refractivity contribution in [3.8, 4) is 5.75 Å². The van der Waals surface area contributed by atoms with E-state index < -0.39 is 5.54 Å². The number of ether oxygens (including phenoxy) is 1. The summed E-state index contributed by atoms with van der Waals surface area (Å²) in [7, 11) is 0. The second-order valence-electron chi connectivity index (χ2n) is 8.95.